The molecule has 164 valence electrons. The number of ketones is 2. The standard InChI is InChI=1S/C24H40O4Si/c1-22(2,3)29(7,8)28-19-10-9-15-13-20(26)24(6)12-11-18(25)21(27)17(24)14-16(19)23(15,4)5/h10,15-18,25H,9,11-14H2,1-8H3/t15?,16?,17-,18+,24-/m1/s1. The summed E-state index contributed by atoms with van der Waals surface area (Å²) in [6.07, 6.45) is 4.25. The zero-order chi connectivity index (χ0) is 22.0. The van der Waals surface area contributed by atoms with Crippen molar-refractivity contribution in [2.45, 2.75) is 97.9 Å². The molecule has 0 radical (unpaired) electrons. The smallest absolute Gasteiger partial charge is 0.250 e. The third-order valence-electron chi connectivity index (χ3n) is 8.99. The van der Waals surface area contributed by atoms with E-state index >= 15 is 0 Å². The summed E-state index contributed by atoms with van der Waals surface area (Å²) >= 11 is 0. The lowest BCUT2D eigenvalue weighted by Crippen LogP contribution is -2.54. The van der Waals surface area contributed by atoms with Crippen LogP contribution in [0, 0.1) is 28.6 Å². The predicted molar refractivity (Wildman–Crippen MR) is 118 cm³/mol. The Kier molecular flexibility index (Phi) is 5.52. The van der Waals surface area contributed by atoms with Crippen LogP contribution in [0.25, 0.3) is 0 Å². The van der Waals surface area contributed by atoms with E-state index in [4.69, 9.17) is 4.43 Å². The van der Waals surface area contributed by atoms with E-state index in [1.807, 2.05) is 6.92 Å². The van der Waals surface area contributed by atoms with Crippen LogP contribution in [0.5, 0.6) is 0 Å². The fourth-order valence-corrected chi connectivity index (χ4v) is 6.51. The lowest BCUT2D eigenvalue weighted by molar-refractivity contribution is -0.155. The number of Topliss-reactive ketones (excluding diaryl/α,β-unsaturated/α-hetero) is 2. The van der Waals surface area contributed by atoms with Gasteiger partial charge in [0.25, 0.3) is 0 Å². The van der Waals surface area contributed by atoms with Crippen molar-refractivity contribution < 1.29 is 19.1 Å². The largest absolute Gasteiger partial charge is 0.547 e. The molecule has 0 amide bonds. The fourth-order valence-electron chi connectivity index (χ4n) is 5.38. The van der Waals surface area contributed by atoms with Crippen LogP contribution in [0.4, 0.5) is 0 Å². The maximum atomic E-state index is 13.3. The van der Waals surface area contributed by atoms with E-state index in [1.165, 1.54) is 0 Å². The minimum atomic E-state index is -2.02. The molecule has 1 N–H and O–H groups in total. The summed E-state index contributed by atoms with van der Waals surface area (Å²) < 4.78 is 6.80. The van der Waals surface area contributed by atoms with Gasteiger partial charge in [0.1, 0.15) is 11.9 Å². The summed E-state index contributed by atoms with van der Waals surface area (Å²) in [5.74, 6) is 1.05. The maximum Gasteiger partial charge on any atom is 0.250 e. The summed E-state index contributed by atoms with van der Waals surface area (Å²) in [5.41, 5.74) is -0.769. The first-order valence-corrected chi connectivity index (χ1v) is 14.2. The lowest BCUT2D eigenvalue weighted by atomic mass is 9.52. The number of hydrogen-bond donors (Lipinski definition) is 1. The van der Waals surface area contributed by atoms with E-state index < -0.39 is 25.8 Å². The van der Waals surface area contributed by atoms with Crippen molar-refractivity contribution in [1.29, 1.82) is 0 Å². The molecular formula is C24H40O4Si. The summed E-state index contributed by atoms with van der Waals surface area (Å²) in [6, 6.07) is 0. The van der Waals surface area contributed by atoms with Gasteiger partial charge in [0.15, 0.2) is 5.78 Å². The van der Waals surface area contributed by atoms with Crippen molar-refractivity contribution in [3.8, 4) is 0 Å². The normalized spacial score (nSPS) is 37.9. The zero-order valence-electron chi connectivity index (χ0n) is 19.6. The molecule has 0 aromatic heterocycles. The quantitative estimate of drug-likeness (QED) is 0.619. The molecule has 3 rings (SSSR count). The number of hydrogen-bond acceptors (Lipinski definition) is 4. The van der Waals surface area contributed by atoms with Gasteiger partial charge in [-0.2, -0.15) is 0 Å². The lowest BCUT2D eigenvalue weighted by Gasteiger charge is -2.53. The summed E-state index contributed by atoms with van der Waals surface area (Å²) in [7, 11) is -2.02. The Bertz CT molecular complexity index is 730. The van der Waals surface area contributed by atoms with Crippen LogP contribution in [0.1, 0.15) is 73.6 Å². The van der Waals surface area contributed by atoms with Crippen molar-refractivity contribution in [3.05, 3.63) is 11.8 Å². The first kappa shape index (κ1) is 22.7. The van der Waals surface area contributed by atoms with Gasteiger partial charge < -0.3 is 9.53 Å². The maximum absolute atomic E-state index is 13.3. The minimum Gasteiger partial charge on any atom is -0.547 e. The highest BCUT2D eigenvalue weighted by Gasteiger charge is 2.57. The van der Waals surface area contributed by atoms with Crippen LogP contribution in [0.3, 0.4) is 0 Å². The third kappa shape index (κ3) is 3.67. The monoisotopic (exact) mass is 420 g/mol. The van der Waals surface area contributed by atoms with Gasteiger partial charge in [-0.25, -0.2) is 0 Å². The van der Waals surface area contributed by atoms with Gasteiger partial charge in [0.05, 0.1) is 5.76 Å². The molecule has 29 heavy (non-hydrogen) atoms. The molecule has 2 saturated carbocycles. The van der Waals surface area contributed by atoms with Crippen LogP contribution in [-0.2, 0) is 14.0 Å². The number of allylic oxidation sites excluding steroid dienone is 2. The van der Waals surface area contributed by atoms with Crippen LogP contribution < -0.4 is 0 Å². The van der Waals surface area contributed by atoms with Crippen LogP contribution in [0.2, 0.25) is 18.1 Å². The van der Waals surface area contributed by atoms with E-state index in [1.54, 1.807) is 0 Å². The molecule has 0 saturated heterocycles. The average Bonchev–Trinajstić information content (AvgIpc) is 2.58. The molecule has 3 aliphatic carbocycles. The van der Waals surface area contributed by atoms with Crippen LogP contribution in [0.15, 0.2) is 11.8 Å². The van der Waals surface area contributed by atoms with Gasteiger partial charge in [-0.05, 0) is 61.2 Å². The number of carbonyl (C=O) groups is 2. The number of fused-ring (bicyclic) bond motifs is 3. The second kappa shape index (κ2) is 7.05. The van der Waals surface area contributed by atoms with E-state index in [9.17, 15) is 14.7 Å². The highest BCUT2D eigenvalue weighted by molar-refractivity contribution is 6.74. The van der Waals surface area contributed by atoms with Gasteiger partial charge >= 0.3 is 0 Å². The number of carbonyl (C=O) groups excluding carboxylic acids is 2. The van der Waals surface area contributed by atoms with Crippen molar-refractivity contribution in [2.24, 2.45) is 28.6 Å². The second-order valence-corrected chi connectivity index (χ2v) is 16.8. The molecule has 4 nitrogen and oxygen atoms in total. The van der Waals surface area contributed by atoms with E-state index in [2.05, 4.69) is 53.8 Å². The van der Waals surface area contributed by atoms with Crippen molar-refractivity contribution in [1.82, 2.24) is 0 Å². The number of aliphatic hydroxyl groups is 1. The molecule has 3 aliphatic rings. The third-order valence-corrected chi connectivity index (χ3v) is 13.4. The highest BCUT2D eigenvalue weighted by Crippen LogP contribution is 2.57. The van der Waals surface area contributed by atoms with Gasteiger partial charge in [0, 0.05) is 23.7 Å². The first-order valence-electron chi connectivity index (χ1n) is 11.3. The summed E-state index contributed by atoms with van der Waals surface area (Å²) in [4.78, 5) is 26.4. The molecule has 2 fully saturated rings. The Morgan fingerprint density at radius 3 is 2.34 bits per heavy atom. The molecule has 2 unspecified atom stereocenters. The van der Waals surface area contributed by atoms with E-state index in [-0.39, 0.29) is 33.9 Å². The zero-order valence-corrected chi connectivity index (χ0v) is 20.6. The molecule has 0 aromatic carbocycles. The molecule has 0 heterocycles. The predicted octanol–water partition coefficient (Wildman–Crippen LogP) is 5.26. The van der Waals surface area contributed by atoms with Gasteiger partial charge in [0.2, 0.25) is 8.32 Å². The number of aliphatic hydroxyl groups excluding tert-OH is 1. The molecule has 5 heteroatoms. The van der Waals surface area contributed by atoms with Crippen molar-refractivity contribution in [3.63, 3.8) is 0 Å². The van der Waals surface area contributed by atoms with Crippen LogP contribution in [-0.4, -0.2) is 31.1 Å². The van der Waals surface area contributed by atoms with E-state index in [0.717, 1.165) is 12.2 Å². The first-order chi connectivity index (χ1) is 13.1. The average molecular weight is 421 g/mol. The second-order valence-electron chi connectivity index (χ2n) is 12.1. The summed E-state index contributed by atoms with van der Waals surface area (Å²) in [6.45, 7) is 17.7. The van der Waals surface area contributed by atoms with Crippen molar-refractivity contribution in [2.75, 3.05) is 0 Å². The Balaban J connectivity index is 2.04. The highest BCUT2D eigenvalue weighted by atomic mass is 28.4. The summed E-state index contributed by atoms with van der Waals surface area (Å²) in [5, 5.41) is 10.4. The molecule has 2 bridgehead atoms. The fraction of sp³-hybridized carbons (Fsp3) is 0.833. The topological polar surface area (TPSA) is 63.6 Å². The Morgan fingerprint density at radius 1 is 1.14 bits per heavy atom. The van der Waals surface area contributed by atoms with Gasteiger partial charge in [-0.3, -0.25) is 9.59 Å². The molecule has 0 aromatic rings. The molecule has 0 aliphatic heterocycles. The SMILES string of the molecule is CC1(C)C2CC=C(O[Si](C)(C)C(C)(C)C)C1C[C@@H]1C(=O)[C@@H](O)CC[C@@]1(C)C(=O)C2. The Labute approximate surface area is 177 Å². The molecule has 5 atom stereocenters. The van der Waals surface area contributed by atoms with Gasteiger partial charge in [-0.15, -0.1) is 0 Å². The van der Waals surface area contributed by atoms with Gasteiger partial charge in [-0.1, -0.05) is 41.5 Å². The van der Waals surface area contributed by atoms with E-state index in [0.29, 0.717) is 25.7 Å². The molecule has 0 spiro atoms. The van der Waals surface area contributed by atoms with Crippen molar-refractivity contribution >= 4 is 19.9 Å². The minimum absolute atomic E-state index is 0.0950. The van der Waals surface area contributed by atoms with Crippen LogP contribution >= 0.6 is 0 Å². The Hall–Kier alpha value is -0.943. The number of rotatable bonds is 2. The Morgan fingerprint density at radius 2 is 1.76 bits per heavy atom. The molecular weight excluding hydrogens is 380 g/mol.